The first-order chi connectivity index (χ1) is 13.9. The number of hydrogen-bond donors (Lipinski definition) is 0. The molecule has 0 bridgehead atoms. The molecule has 3 heterocycles. The van der Waals surface area contributed by atoms with E-state index >= 15 is 0 Å². The van der Waals surface area contributed by atoms with Crippen LogP contribution in [0.15, 0.2) is 34.2 Å². The summed E-state index contributed by atoms with van der Waals surface area (Å²) in [5.74, 6) is 0.560. The van der Waals surface area contributed by atoms with Crippen LogP contribution in [0.5, 0.6) is 0 Å². The minimum Gasteiger partial charge on any atom is -0.368 e. The topological polar surface area (TPSA) is 79.3 Å². The molecule has 0 aromatic heterocycles. The zero-order chi connectivity index (χ0) is 20.6. The highest BCUT2D eigenvalue weighted by Gasteiger charge is 2.35. The summed E-state index contributed by atoms with van der Waals surface area (Å²) in [5, 5.41) is 0. The molecule has 1 amide bonds. The number of carbonyl (C=O) groups is 1. The number of hydrogen-bond acceptors (Lipinski definition) is 5. The average Bonchev–Trinajstić information content (AvgIpc) is 3.21. The van der Waals surface area contributed by atoms with Gasteiger partial charge < -0.3 is 14.5 Å². The average molecular weight is 418 g/mol. The highest BCUT2D eigenvalue weighted by Crippen LogP contribution is 2.34. The van der Waals surface area contributed by atoms with Gasteiger partial charge in [-0.05, 0) is 38.7 Å². The largest absolute Gasteiger partial charge is 0.368 e. The molecule has 3 aliphatic heterocycles. The van der Waals surface area contributed by atoms with Crippen LogP contribution in [0.3, 0.4) is 0 Å². The molecule has 3 aliphatic rings. The third-order valence-electron chi connectivity index (χ3n) is 5.77. The van der Waals surface area contributed by atoms with E-state index in [2.05, 4.69) is 4.40 Å². The lowest BCUT2D eigenvalue weighted by atomic mass is 10.1. The van der Waals surface area contributed by atoms with Gasteiger partial charge >= 0.3 is 0 Å². The molecule has 156 valence electrons. The lowest BCUT2D eigenvalue weighted by molar-refractivity contribution is -0.140. The van der Waals surface area contributed by atoms with E-state index in [1.807, 2.05) is 47.9 Å². The second kappa shape index (κ2) is 7.91. The number of rotatable bonds is 2. The SMILES string of the molecule is CC1=C(c2ccc(C)cc2)S(=O)(=O)N=C1N1CCCN(C(=O)[C@H]2CCCO2)CC1. The lowest BCUT2D eigenvalue weighted by Crippen LogP contribution is -2.41. The van der Waals surface area contributed by atoms with Gasteiger partial charge in [-0.15, -0.1) is 4.40 Å². The number of sulfonamides is 1. The first kappa shape index (κ1) is 20.1. The summed E-state index contributed by atoms with van der Waals surface area (Å²) in [7, 11) is -3.73. The van der Waals surface area contributed by atoms with Crippen LogP contribution in [0.25, 0.3) is 4.91 Å². The van der Waals surface area contributed by atoms with Crippen LogP contribution in [0.4, 0.5) is 0 Å². The molecule has 2 saturated heterocycles. The van der Waals surface area contributed by atoms with E-state index in [1.54, 1.807) is 0 Å². The monoisotopic (exact) mass is 417 g/mol. The van der Waals surface area contributed by atoms with Crippen LogP contribution in [0.2, 0.25) is 0 Å². The van der Waals surface area contributed by atoms with E-state index in [0.29, 0.717) is 49.8 Å². The highest BCUT2D eigenvalue weighted by molar-refractivity contribution is 8.00. The van der Waals surface area contributed by atoms with E-state index < -0.39 is 10.0 Å². The van der Waals surface area contributed by atoms with Crippen molar-refractivity contribution in [2.75, 3.05) is 32.8 Å². The van der Waals surface area contributed by atoms with E-state index in [1.165, 1.54) is 0 Å². The van der Waals surface area contributed by atoms with Crippen LogP contribution in [-0.4, -0.2) is 68.9 Å². The molecular formula is C21H27N3O4S. The number of aryl methyl sites for hydroxylation is 1. The van der Waals surface area contributed by atoms with Crippen molar-refractivity contribution < 1.29 is 17.9 Å². The van der Waals surface area contributed by atoms with Crippen molar-refractivity contribution in [3.8, 4) is 0 Å². The van der Waals surface area contributed by atoms with Crippen LogP contribution < -0.4 is 0 Å². The van der Waals surface area contributed by atoms with Gasteiger partial charge in [-0.2, -0.15) is 8.42 Å². The predicted octanol–water partition coefficient (Wildman–Crippen LogP) is 2.18. The zero-order valence-corrected chi connectivity index (χ0v) is 17.7. The summed E-state index contributed by atoms with van der Waals surface area (Å²) < 4.78 is 35.2. The van der Waals surface area contributed by atoms with E-state index in [4.69, 9.17) is 4.74 Å². The fourth-order valence-electron chi connectivity index (χ4n) is 4.21. The molecule has 4 rings (SSSR count). The Hall–Kier alpha value is -2.19. The van der Waals surface area contributed by atoms with Gasteiger partial charge in [0.05, 0.1) is 0 Å². The Labute approximate surface area is 172 Å². The minimum absolute atomic E-state index is 0.0536. The first-order valence-corrected chi connectivity index (χ1v) is 11.6. The molecule has 2 fully saturated rings. The molecule has 0 N–H and O–H groups in total. The fraction of sp³-hybridized carbons (Fsp3) is 0.524. The number of carbonyl (C=O) groups excluding carboxylic acids is 1. The molecule has 0 saturated carbocycles. The second-order valence-corrected chi connectivity index (χ2v) is 9.42. The summed E-state index contributed by atoms with van der Waals surface area (Å²) in [6.07, 6.45) is 2.16. The van der Waals surface area contributed by atoms with Gasteiger partial charge in [-0.3, -0.25) is 4.79 Å². The molecule has 0 unspecified atom stereocenters. The summed E-state index contributed by atoms with van der Waals surface area (Å²) in [5.41, 5.74) is 2.41. The normalized spacial score (nSPS) is 24.6. The highest BCUT2D eigenvalue weighted by atomic mass is 32.2. The molecule has 0 radical (unpaired) electrons. The van der Waals surface area contributed by atoms with Crippen molar-refractivity contribution in [2.24, 2.45) is 4.40 Å². The fourth-order valence-corrected chi connectivity index (χ4v) is 5.70. The van der Waals surface area contributed by atoms with Gasteiger partial charge in [0.25, 0.3) is 15.9 Å². The van der Waals surface area contributed by atoms with Crippen molar-refractivity contribution in [3.63, 3.8) is 0 Å². The van der Waals surface area contributed by atoms with Crippen molar-refractivity contribution >= 4 is 26.7 Å². The summed E-state index contributed by atoms with van der Waals surface area (Å²) in [6, 6.07) is 7.47. The van der Waals surface area contributed by atoms with Crippen LogP contribution in [-0.2, 0) is 19.6 Å². The van der Waals surface area contributed by atoms with Gasteiger partial charge in [0.15, 0.2) is 0 Å². The third kappa shape index (κ3) is 3.96. The Morgan fingerprint density at radius 3 is 2.52 bits per heavy atom. The van der Waals surface area contributed by atoms with E-state index in [0.717, 1.165) is 24.8 Å². The Bertz CT molecular complexity index is 960. The van der Waals surface area contributed by atoms with Crippen LogP contribution in [0, 0.1) is 6.92 Å². The molecule has 8 heteroatoms. The maximum atomic E-state index is 12.8. The first-order valence-electron chi connectivity index (χ1n) is 10.2. The molecule has 0 spiro atoms. The predicted molar refractivity (Wildman–Crippen MR) is 112 cm³/mol. The minimum atomic E-state index is -3.73. The molecule has 1 aromatic carbocycles. The number of amides is 1. The summed E-state index contributed by atoms with van der Waals surface area (Å²) in [6.45, 7) is 6.87. The summed E-state index contributed by atoms with van der Waals surface area (Å²) in [4.78, 5) is 16.8. The Morgan fingerprint density at radius 1 is 1.07 bits per heavy atom. The quantitative estimate of drug-likeness (QED) is 0.737. The van der Waals surface area contributed by atoms with Gasteiger partial charge in [0, 0.05) is 38.4 Å². The molecular weight excluding hydrogens is 390 g/mol. The lowest BCUT2D eigenvalue weighted by Gasteiger charge is -2.25. The third-order valence-corrected chi connectivity index (χ3v) is 7.24. The van der Waals surface area contributed by atoms with E-state index in [9.17, 15) is 13.2 Å². The van der Waals surface area contributed by atoms with Crippen molar-refractivity contribution in [2.45, 2.75) is 39.2 Å². The number of benzene rings is 1. The maximum absolute atomic E-state index is 12.8. The standard InChI is InChI=1S/C21H27N3O4S/c1-15-6-8-17(9-7-15)19-16(2)20(22-29(19,26)27)23-10-4-11-24(13-12-23)21(25)18-5-3-14-28-18/h6-9,18H,3-5,10-14H2,1-2H3/t18-/m1/s1. The molecule has 29 heavy (non-hydrogen) atoms. The van der Waals surface area contributed by atoms with Crippen molar-refractivity contribution in [1.82, 2.24) is 9.80 Å². The molecule has 0 aliphatic carbocycles. The van der Waals surface area contributed by atoms with Crippen molar-refractivity contribution in [1.29, 1.82) is 0 Å². The van der Waals surface area contributed by atoms with Gasteiger partial charge in [0.2, 0.25) is 0 Å². The van der Waals surface area contributed by atoms with Crippen LogP contribution >= 0.6 is 0 Å². The smallest absolute Gasteiger partial charge is 0.285 e. The Kier molecular flexibility index (Phi) is 5.48. The number of ether oxygens (including phenoxy) is 1. The molecule has 7 nitrogen and oxygen atoms in total. The number of nitrogens with zero attached hydrogens (tertiary/aromatic N) is 3. The Morgan fingerprint density at radius 2 is 1.83 bits per heavy atom. The second-order valence-electron chi connectivity index (χ2n) is 7.88. The zero-order valence-electron chi connectivity index (χ0n) is 16.9. The summed E-state index contributed by atoms with van der Waals surface area (Å²) >= 11 is 0. The maximum Gasteiger partial charge on any atom is 0.285 e. The van der Waals surface area contributed by atoms with E-state index in [-0.39, 0.29) is 16.9 Å². The van der Waals surface area contributed by atoms with Crippen LogP contribution in [0.1, 0.15) is 37.3 Å². The van der Waals surface area contributed by atoms with Crippen molar-refractivity contribution in [3.05, 3.63) is 41.0 Å². The number of amidine groups is 1. The molecule has 1 aromatic rings. The van der Waals surface area contributed by atoms with Gasteiger partial charge in [-0.1, -0.05) is 29.8 Å². The van der Waals surface area contributed by atoms with Gasteiger partial charge in [-0.25, -0.2) is 0 Å². The van der Waals surface area contributed by atoms with Gasteiger partial charge in [0.1, 0.15) is 16.8 Å². The molecule has 1 atom stereocenters. The Balaban J connectivity index is 1.53.